The summed E-state index contributed by atoms with van der Waals surface area (Å²) in [5, 5.41) is 14.8. The van der Waals surface area contributed by atoms with E-state index in [2.05, 4.69) is 23.5 Å². The van der Waals surface area contributed by atoms with Gasteiger partial charge in [0.1, 0.15) is 4.75 Å². The molecule has 4 heteroatoms. The lowest BCUT2D eigenvalue weighted by atomic mass is 9.69. The highest BCUT2D eigenvalue weighted by atomic mass is 32.2. The van der Waals surface area contributed by atoms with Gasteiger partial charge in [-0.2, -0.15) is 5.26 Å². The molecule has 1 fully saturated rings. The molecule has 1 aliphatic carbocycles. The zero-order valence-electron chi connectivity index (χ0n) is 12.4. The number of benzene rings is 1. The molecule has 0 saturated heterocycles. The molecule has 1 N–H and O–H groups in total. The zero-order chi connectivity index (χ0) is 15.2. The van der Waals surface area contributed by atoms with Crippen LogP contribution in [0.5, 0.6) is 0 Å². The molecule has 112 valence electrons. The normalized spacial score (nSPS) is 28.4. The van der Waals surface area contributed by atoms with Gasteiger partial charge in [0.25, 0.3) is 0 Å². The van der Waals surface area contributed by atoms with Crippen molar-refractivity contribution in [3.63, 3.8) is 0 Å². The Hall–Kier alpha value is -1.73. The summed E-state index contributed by atoms with van der Waals surface area (Å²) in [5.41, 5.74) is 2.75. The predicted molar refractivity (Wildman–Crippen MR) is 88.5 cm³/mol. The van der Waals surface area contributed by atoms with Gasteiger partial charge in [0.2, 0.25) is 5.91 Å². The van der Waals surface area contributed by atoms with E-state index in [9.17, 15) is 10.1 Å². The van der Waals surface area contributed by atoms with E-state index in [-0.39, 0.29) is 11.3 Å². The second-order valence-electron chi connectivity index (χ2n) is 6.49. The van der Waals surface area contributed by atoms with Crippen molar-refractivity contribution in [3.8, 4) is 6.07 Å². The third-order valence-corrected chi connectivity index (χ3v) is 6.57. The van der Waals surface area contributed by atoms with Crippen LogP contribution >= 0.6 is 11.8 Å². The fourth-order valence-corrected chi connectivity index (χ4v) is 5.00. The maximum Gasteiger partial charge on any atom is 0.235 e. The summed E-state index contributed by atoms with van der Waals surface area (Å²) < 4.78 is -0.517. The van der Waals surface area contributed by atoms with Gasteiger partial charge in [0.15, 0.2) is 0 Å². The Morgan fingerprint density at radius 2 is 2.05 bits per heavy atom. The van der Waals surface area contributed by atoms with Crippen molar-refractivity contribution in [3.05, 3.63) is 40.8 Å². The number of hydrogen-bond donors (Lipinski definition) is 1. The fraction of sp³-hybridized carbons (Fsp3) is 0.444. The van der Waals surface area contributed by atoms with Gasteiger partial charge in [-0.05, 0) is 41.9 Å². The number of nitrogens with one attached hydrogen (secondary N) is 1. The van der Waals surface area contributed by atoms with Crippen LogP contribution in [-0.2, 0) is 15.0 Å². The van der Waals surface area contributed by atoms with Crippen molar-refractivity contribution < 1.29 is 4.79 Å². The van der Waals surface area contributed by atoms with Gasteiger partial charge in [0, 0.05) is 5.69 Å². The van der Waals surface area contributed by atoms with Crippen molar-refractivity contribution in [2.75, 3.05) is 5.32 Å². The minimum Gasteiger partial charge on any atom is -0.325 e. The monoisotopic (exact) mass is 310 g/mol. The smallest absolute Gasteiger partial charge is 0.235 e. The summed E-state index contributed by atoms with van der Waals surface area (Å²) in [6.07, 6.45) is 8.09. The summed E-state index contributed by atoms with van der Waals surface area (Å²) in [4.78, 5) is 12.6. The number of anilines is 1. The molecule has 1 aromatic carbocycles. The number of nitriles is 1. The molecule has 2 heterocycles. The van der Waals surface area contributed by atoms with Gasteiger partial charge < -0.3 is 5.32 Å². The standard InChI is InChI=1S/C18H18N2OS/c19-12-18(9-4-10-22-18)13-5-6-15-14(11-13)17(16(21)20-15)7-2-1-3-8-17/h4-6,10-11H,1-3,7-9H2,(H,20,21). The molecule has 1 amide bonds. The minimum atomic E-state index is -0.517. The topological polar surface area (TPSA) is 52.9 Å². The highest BCUT2D eigenvalue weighted by Crippen LogP contribution is 2.51. The first-order valence-electron chi connectivity index (χ1n) is 7.91. The van der Waals surface area contributed by atoms with Crippen LogP contribution in [0, 0.1) is 11.3 Å². The molecule has 3 aliphatic rings. The number of hydrogen-bond acceptors (Lipinski definition) is 3. The Morgan fingerprint density at radius 3 is 2.73 bits per heavy atom. The molecule has 1 aromatic rings. The van der Waals surface area contributed by atoms with E-state index in [1.165, 1.54) is 6.42 Å². The molecule has 3 nitrogen and oxygen atoms in total. The number of fused-ring (bicyclic) bond motifs is 2. The van der Waals surface area contributed by atoms with Gasteiger partial charge in [-0.25, -0.2) is 0 Å². The molecule has 22 heavy (non-hydrogen) atoms. The Labute approximate surface area is 134 Å². The van der Waals surface area contributed by atoms with E-state index >= 15 is 0 Å². The average molecular weight is 310 g/mol. The quantitative estimate of drug-likeness (QED) is 0.845. The van der Waals surface area contributed by atoms with Gasteiger partial charge >= 0.3 is 0 Å². The number of nitrogens with zero attached hydrogens (tertiary/aromatic N) is 1. The lowest BCUT2D eigenvalue weighted by Crippen LogP contribution is -2.36. The second-order valence-corrected chi connectivity index (χ2v) is 7.69. The van der Waals surface area contributed by atoms with E-state index < -0.39 is 4.75 Å². The maximum atomic E-state index is 12.6. The molecular formula is C18H18N2OS. The first kappa shape index (κ1) is 13.9. The van der Waals surface area contributed by atoms with Crippen LogP contribution in [0.25, 0.3) is 0 Å². The Bertz CT molecular complexity index is 702. The highest BCUT2D eigenvalue weighted by Gasteiger charge is 2.48. The molecule has 0 aromatic heterocycles. The van der Waals surface area contributed by atoms with E-state index in [1.807, 2.05) is 17.5 Å². The van der Waals surface area contributed by atoms with Crippen LogP contribution in [0.1, 0.15) is 49.7 Å². The molecule has 0 bridgehead atoms. The largest absolute Gasteiger partial charge is 0.325 e. The maximum absolute atomic E-state index is 12.6. The highest BCUT2D eigenvalue weighted by molar-refractivity contribution is 8.03. The van der Waals surface area contributed by atoms with E-state index in [0.717, 1.165) is 48.9 Å². The summed E-state index contributed by atoms with van der Waals surface area (Å²) in [6, 6.07) is 8.60. The zero-order valence-corrected chi connectivity index (χ0v) is 13.2. The van der Waals surface area contributed by atoms with Crippen molar-refractivity contribution in [2.24, 2.45) is 0 Å². The fourth-order valence-electron chi connectivity index (χ4n) is 4.07. The molecule has 4 rings (SSSR count). The average Bonchev–Trinajstić information content (AvgIpc) is 3.14. The summed E-state index contributed by atoms with van der Waals surface area (Å²) in [7, 11) is 0. The second kappa shape index (κ2) is 4.89. The van der Waals surface area contributed by atoms with Gasteiger partial charge in [-0.3, -0.25) is 4.79 Å². The van der Waals surface area contributed by atoms with Crippen molar-refractivity contribution >= 4 is 23.4 Å². The van der Waals surface area contributed by atoms with Crippen LogP contribution in [0.4, 0.5) is 5.69 Å². The molecule has 1 unspecified atom stereocenters. The summed E-state index contributed by atoms with van der Waals surface area (Å²) in [6.45, 7) is 0. The lowest BCUT2D eigenvalue weighted by molar-refractivity contribution is -0.121. The number of carbonyl (C=O) groups is 1. The van der Waals surface area contributed by atoms with Crippen LogP contribution in [0.2, 0.25) is 0 Å². The Morgan fingerprint density at radius 1 is 1.23 bits per heavy atom. The van der Waals surface area contributed by atoms with Crippen LogP contribution in [0.3, 0.4) is 0 Å². The third kappa shape index (κ3) is 1.78. The summed E-state index contributed by atoms with van der Waals surface area (Å²) in [5.74, 6) is 0.155. The van der Waals surface area contributed by atoms with Gasteiger partial charge in [-0.15, -0.1) is 11.8 Å². The molecule has 1 saturated carbocycles. The number of allylic oxidation sites excluding steroid dienone is 1. The number of thioether (sulfide) groups is 1. The number of carbonyl (C=O) groups excluding carboxylic acids is 1. The van der Waals surface area contributed by atoms with E-state index in [0.29, 0.717) is 0 Å². The number of rotatable bonds is 1. The molecule has 1 spiro atoms. The van der Waals surface area contributed by atoms with Crippen molar-refractivity contribution in [1.29, 1.82) is 5.26 Å². The summed E-state index contributed by atoms with van der Waals surface area (Å²) >= 11 is 1.58. The first-order chi connectivity index (χ1) is 10.7. The van der Waals surface area contributed by atoms with Gasteiger partial charge in [-0.1, -0.05) is 37.5 Å². The Balaban J connectivity index is 1.82. The molecule has 1 atom stereocenters. The predicted octanol–water partition coefficient (Wildman–Crippen LogP) is 4.21. The lowest BCUT2D eigenvalue weighted by Gasteiger charge is -2.32. The SMILES string of the molecule is N#CC1(c2ccc3c(c2)C2(CCCCC2)C(=O)N3)CC=CS1. The first-order valence-corrected chi connectivity index (χ1v) is 8.79. The molecule has 2 aliphatic heterocycles. The van der Waals surface area contributed by atoms with Crippen LogP contribution in [0.15, 0.2) is 29.7 Å². The van der Waals surface area contributed by atoms with Crippen molar-refractivity contribution in [2.45, 2.75) is 48.7 Å². The van der Waals surface area contributed by atoms with E-state index in [1.54, 1.807) is 11.8 Å². The van der Waals surface area contributed by atoms with Crippen LogP contribution in [-0.4, -0.2) is 5.91 Å². The minimum absolute atomic E-state index is 0.155. The van der Waals surface area contributed by atoms with E-state index in [4.69, 9.17) is 0 Å². The van der Waals surface area contributed by atoms with Crippen molar-refractivity contribution in [1.82, 2.24) is 0 Å². The molecule has 0 radical (unpaired) electrons. The Kier molecular flexibility index (Phi) is 3.09. The van der Waals surface area contributed by atoms with Gasteiger partial charge in [0.05, 0.1) is 11.5 Å². The van der Waals surface area contributed by atoms with Crippen LogP contribution < -0.4 is 5.32 Å². The number of amides is 1. The third-order valence-electron chi connectivity index (χ3n) is 5.34. The molecular weight excluding hydrogens is 292 g/mol.